The second kappa shape index (κ2) is 5.24. The standard InChI is InChI=1S/C11H15N3O4S/c12-9-3-5-14(6-4-9)19(17,18)10-2-1-8(7-13-10)11(15)16/h1-2,7,9H,3-6,12H2,(H,15,16). The molecule has 0 aliphatic carbocycles. The molecule has 0 spiro atoms. The Bertz CT molecular complexity index is 562. The van der Waals surface area contributed by atoms with Gasteiger partial charge in [0.15, 0.2) is 5.03 Å². The van der Waals surface area contributed by atoms with E-state index in [2.05, 4.69) is 4.98 Å². The quantitative estimate of drug-likeness (QED) is 0.801. The Labute approximate surface area is 111 Å². The largest absolute Gasteiger partial charge is 0.478 e. The van der Waals surface area contributed by atoms with E-state index in [1.807, 2.05) is 0 Å². The van der Waals surface area contributed by atoms with Crippen LogP contribution < -0.4 is 5.73 Å². The molecule has 104 valence electrons. The summed E-state index contributed by atoms with van der Waals surface area (Å²) < 4.78 is 25.8. The molecule has 1 aliphatic heterocycles. The van der Waals surface area contributed by atoms with Crippen LogP contribution in [0.15, 0.2) is 23.4 Å². The van der Waals surface area contributed by atoms with Crippen LogP contribution in [-0.4, -0.2) is 47.9 Å². The number of hydrogen-bond donors (Lipinski definition) is 2. The monoisotopic (exact) mass is 285 g/mol. The number of pyridine rings is 1. The summed E-state index contributed by atoms with van der Waals surface area (Å²) in [6, 6.07) is 2.49. The predicted octanol–water partition coefficient (Wildman–Crippen LogP) is -0.108. The molecule has 2 rings (SSSR count). The van der Waals surface area contributed by atoms with E-state index in [-0.39, 0.29) is 16.6 Å². The van der Waals surface area contributed by atoms with Crippen LogP contribution in [0.2, 0.25) is 0 Å². The summed E-state index contributed by atoms with van der Waals surface area (Å²) in [7, 11) is -3.65. The molecule has 0 amide bonds. The fraction of sp³-hybridized carbons (Fsp3) is 0.455. The summed E-state index contributed by atoms with van der Waals surface area (Å²) in [6.07, 6.45) is 2.28. The number of hydrogen-bond acceptors (Lipinski definition) is 5. The maximum atomic E-state index is 12.3. The average Bonchev–Trinajstić information content (AvgIpc) is 2.39. The van der Waals surface area contributed by atoms with Crippen LogP contribution in [0.3, 0.4) is 0 Å². The molecule has 1 fully saturated rings. The number of aromatic carboxylic acids is 1. The van der Waals surface area contributed by atoms with Crippen molar-refractivity contribution in [2.24, 2.45) is 5.73 Å². The van der Waals surface area contributed by atoms with E-state index in [4.69, 9.17) is 10.8 Å². The molecule has 0 saturated carbocycles. The van der Waals surface area contributed by atoms with Crippen molar-refractivity contribution in [3.05, 3.63) is 23.9 Å². The molecule has 0 atom stereocenters. The molecule has 1 aromatic rings. The molecule has 1 aromatic heterocycles. The first kappa shape index (κ1) is 13.9. The van der Waals surface area contributed by atoms with Crippen LogP contribution in [0.25, 0.3) is 0 Å². The normalized spacial score (nSPS) is 18.4. The Kier molecular flexibility index (Phi) is 3.83. The van der Waals surface area contributed by atoms with Crippen molar-refractivity contribution < 1.29 is 18.3 Å². The summed E-state index contributed by atoms with van der Waals surface area (Å²) >= 11 is 0. The summed E-state index contributed by atoms with van der Waals surface area (Å²) in [5, 5.41) is 8.61. The SMILES string of the molecule is NC1CCN(S(=O)(=O)c2ccc(C(=O)O)cn2)CC1. The molecule has 0 bridgehead atoms. The topological polar surface area (TPSA) is 114 Å². The Morgan fingerprint density at radius 2 is 2.00 bits per heavy atom. The molecule has 1 aliphatic rings. The van der Waals surface area contributed by atoms with Gasteiger partial charge in [0.25, 0.3) is 10.0 Å². The molecule has 7 nitrogen and oxygen atoms in total. The van der Waals surface area contributed by atoms with Gasteiger partial charge in [-0.1, -0.05) is 0 Å². The third-order valence-electron chi connectivity index (χ3n) is 3.09. The molecule has 1 saturated heterocycles. The number of carbonyl (C=O) groups is 1. The third-order valence-corrected chi connectivity index (χ3v) is 4.90. The Balaban J connectivity index is 2.22. The smallest absolute Gasteiger partial charge is 0.337 e. The zero-order valence-electron chi connectivity index (χ0n) is 10.2. The van der Waals surface area contributed by atoms with Crippen molar-refractivity contribution in [2.45, 2.75) is 23.9 Å². The van der Waals surface area contributed by atoms with Gasteiger partial charge in [-0.05, 0) is 25.0 Å². The number of nitrogens with zero attached hydrogens (tertiary/aromatic N) is 2. The highest BCUT2D eigenvalue weighted by atomic mass is 32.2. The number of carboxylic acids is 1. The van der Waals surface area contributed by atoms with Crippen molar-refractivity contribution in [3.8, 4) is 0 Å². The van der Waals surface area contributed by atoms with Crippen molar-refractivity contribution >= 4 is 16.0 Å². The zero-order chi connectivity index (χ0) is 14.0. The number of rotatable bonds is 3. The molecule has 0 aromatic carbocycles. The second-order valence-corrected chi connectivity index (χ2v) is 6.32. The fourth-order valence-corrected chi connectivity index (χ4v) is 3.29. The lowest BCUT2D eigenvalue weighted by Crippen LogP contribution is -2.42. The molecule has 2 heterocycles. The lowest BCUT2D eigenvalue weighted by Gasteiger charge is -2.28. The van der Waals surface area contributed by atoms with Gasteiger partial charge < -0.3 is 10.8 Å². The Morgan fingerprint density at radius 1 is 1.37 bits per heavy atom. The van der Waals surface area contributed by atoms with Gasteiger partial charge in [0.1, 0.15) is 0 Å². The Hall–Kier alpha value is -1.51. The summed E-state index contributed by atoms with van der Waals surface area (Å²) in [4.78, 5) is 14.4. The van der Waals surface area contributed by atoms with Gasteiger partial charge in [-0.3, -0.25) is 0 Å². The summed E-state index contributed by atoms with van der Waals surface area (Å²) in [5.41, 5.74) is 5.69. The minimum Gasteiger partial charge on any atom is -0.478 e. The first-order chi connectivity index (χ1) is 8.91. The van der Waals surface area contributed by atoms with Crippen LogP contribution in [-0.2, 0) is 10.0 Å². The molecule has 0 radical (unpaired) electrons. The average molecular weight is 285 g/mol. The number of piperidine rings is 1. The minimum atomic E-state index is -3.65. The van der Waals surface area contributed by atoms with E-state index in [1.165, 1.54) is 16.4 Å². The van der Waals surface area contributed by atoms with E-state index in [9.17, 15) is 13.2 Å². The van der Waals surface area contributed by atoms with Crippen LogP contribution in [0, 0.1) is 0 Å². The van der Waals surface area contributed by atoms with Gasteiger partial charge in [-0.15, -0.1) is 0 Å². The predicted molar refractivity (Wildman–Crippen MR) is 67.2 cm³/mol. The first-order valence-electron chi connectivity index (χ1n) is 5.86. The highest BCUT2D eigenvalue weighted by Gasteiger charge is 2.29. The molecule has 0 unspecified atom stereocenters. The lowest BCUT2D eigenvalue weighted by molar-refractivity contribution is 0.0696. The van der Waals surface area contributed by atoms with E-state index in [0.717, 1.165) is 6.20 Å². The summed E-state index contributed by atoms with van der Waals surface area (Å²) in [6.45, 7) is 0.734. The van der Waals surface area contributed by atoms with Gasteiger partial charge in [0.05, 0.1) is 5.56 Å². The molecule has 19 heavy (non-hydrogen) atoms. The highest BCUT2D eigenvalue weighted by Crippen LogP contribution is 2.18. The number of sulfonamides is 1. The van der Waals surface area contributed by atoms with Gasteiger partial charge in [-0.25, -0.2) is 18.2 Å². The van der Waals surface area contributed by atoms with Crippen LogP contribution in [0.5, 0.6) is 0 Å². The number of nitrogens with two attached hydrogens (primary N) is 1. The molecular weight excluding hydrogens is 270 g/mol. The molecule has 8 heteroatoms. The molecular formula is C11H15N3O4S. The third kappa shape index (κ3) is 2.91. The minimum absolute atomic E-state index is 0.0359. The highest BCUT2D eigenvalue weighted by molar-refractivity contribution is 7.89. The van der Waals surface area contributed by atoms with Gasteiger partial charge in [0.2, 0.25) is 0 Å². The maximum Gasteiger partial charge on any atom is 0.337 e. The van der Waals surface area contributed by atoms with E-state index in [1.54, 1.807) is 0 Å². The Morgan fingerprint density at radius 3 is 2.47 bits per heavy atom. The summed E-state index contributed by atoms with van der Waals surface area (Å²) in [5.74, 6) is -1.14. The number of aromatic nitrogens is 1. The van der Waals surface area contributed by atoms with Crippen molar-refractivity contribution in [1.29, 1.82) is 0 Å². The van der Waals surface area contributed by atoms with Crippen molar-refractivity contribution in [1.82, 2.24) is 9.29 Å². The van der Waals surface area contributed by atoms with E-state index in [0.29, 0.717) is 25.9 Å². The number of carboxylic acid groups (broad SMARTS) is 1. The fourth-order valence-electron chi connectivity index (χ4n) is 1.91. The van der Waals surface area contributed by atoms with E-state index < -0.39 is 16.0 Å². The zero-order valence-corrected chi connectivity index (χ0v) is 11.0. The second-order valence-electron chi connectivity index (χ2n) is 4.43. The van der Waals surface area contributed by atoms with Crippen molar-refractivity contribution in [2.75, 3.05) is 13.1 Å². The van der Waals surface area contributed by atoms with Gasteiger partial charge in [0, 0.05) is 25.3 Å². The van der Waals surface area contributed by atoms with Crippen molar-refractivity contribution in [3.63, 3.8) is 0 Å². The van der Waals surface area contributed by atoms with Gasteiger partial charge in [-0.2, -0.15) is 4.31 Å². The van der Waals surface area contributed by atoms with E-state index >= 15 is 0 Å². The van der Waals surface area contributed by atoms with Crippen LogP contribution >= 0.6 is 0 Å². The van der Waals surface area contributed by atoms with Gasteiger partial charge >= 0.3 is 5.97 Å². The first-order valence-corrected chi connectivity index (χ1v) is 7.30. The lowest BCUT2D eigenvalue weighted by atomic mass is 10.1. The van der Waals surface area contributed by atoms with Crippen LogP contribution in [0.1, 0.15) is 23.2 Å². The maximum absolute atomic E-state index is 12.3. The molecule has 3 N–H and O–H groups in total. The van der Waals surface area contributed by atoms with Crippen LogP contribution in [0.4, 0.5) is 0 Å².